The Balaban J connectivity index is 1.39. The zero-order chi connectivity index (χ0) is 22.8. The molecule has 11 heteroatoms. The second-order valence-electron chi connectivity index (χ2n) is 8.07. The molecule has 4 rings (SSSR count). The van der Waals surface area contributed by atoms with Crippen LogP contribution < -0.4 is 15.1 Å². The molecule has 0 unspecified atom stereocenters. The van der Waals surface area contributed by atoms with Gasteiger partial charge in [0.15, 0.2) is 11.6 Å². The van der Waals surface area contributed by atoms with Gasteiger partial charge in [-0.15, -0.1) is 0 Å². The maximum atomic E-state index is 14.9. The van der Waals surface area contributed by atoms with Gasteiger partial charge in [0.25, 0.3) is 0 Å². The highest BCUT2D eigenvalue weighted by Gasteiger charge is 2.35. The van der Waals surface area contributed by atoms with Crippen molar-refractivity contribution in [1.82, 2.24) is 10.2 Å². The van der Waals surface area contributed by atoms with Crippen molar-refractivity contribution in [3.05, 3.63) is 23.8 Å². The van der Waals surface area contributed by atoms with Crippen LogP contribution in [0.5, 0.6) is 0 Å². The van der Waals surface area contributed by atoms with Crippen molar-refractivity contribution < 1.29 is 27.8 Å². The second kappa shape index (κ2) is 9.43. The Hall–Kier alpha value is -2.69. The molecule has 174 valence electrons. The van der Waals surface area contributed by atoms with Gasteiger partial charge in [0.05, 0.1) is 30.4 Å². The van der Waals surface area contributed by atoms with E-state index in [0.717, 1.165) is 30.0 Å². The number of amides is 2. The summed E-state index contributed by atoms with van der Waals surface area (Å²) in [6.07, 6.45) is 0.610. The van der Waals surface area contributed by atoms with E-state index < -0.39 is 29.9 Å². The highest BCUT2D eigenvalue weighted by Crippen LogP contribution is 2.32. The van der Waals surface area contributed by atoms with Crippen LogP contribution in [0, 0.1) is 17.6 Å². The van der Waals surface area contributed by atoms with E-state index in [9.17, 15) is 18.4 Å². The minimum absolute atomic E-state index is 0.103. The average molecular weight is 469 g/mol. The van der Waals surface area contributed by atoms with Crippen molar-refractivity contribution in [2.24, 2.45) is 5.92 Å². The first-order chi connectivity index (χ1) is 15.4. The lowest BCUT2D eigenvalue weighted by atomic mass is 10.2. The van der Waals surface area contributed by atoms with Gasteiger partial charge in [-0.3, -0.25) is 4.90 Å². The monoisotopic (exact) mass is 468 g/mol. The topological polar surface area (TPSA) is 74.3 Å². The fraction of sp³-hybridized carbons (Fsp3) is 0.571. The Morgan fingerprint density at radius 1 is 1.22 bits per heavy atom. The number of cyclic esters (lactones) is 1. The number of thiocarbonyl (C=S) groups is 1. The molecule has 3 aliphatic rings. The molecule has 0 bridgehead atoms. The third kappa shape index (κ3) is 4.87. The predicted octanol–water partition coefficient (Wildman–Crippen LogP) is 2.90. The quantitative estimate of drug-likeness (QED) is 0.644. The number of anilines is 2. The maximum absolute atomic E-state index is 14.9. The zero-order valence-electron chi connectivity index (χ0n) is 17.8. The maximum Gasteiger partial charge on any atom is 0.414 e. The first-order valence-corrected chi connectivity index (χ1v) is 11.2. The lowest BCUT2D eigenvalue weighted by molar-refractivity contribution is 0.105. The van der Waals surface area contributed by atoms with E-state index in [0.29, 0.717) is 25.6 Å². The summed E-state index contributed by atoms with van der Waals surface area (Å²) in [6.45, 7) is 3.68. The Kier molecular flexibility index (Phi) is 6.63. The van der Waals surface area contributed by atoms with E-state index in [4.69, 9.17) is 21.7 Å². The molecule has 0 spiro atoms. The second-order valence-corrected chi connectivity index (χ2v) is 8.51. The first-order valence-electron chi connectivity index (χ1n) is 10.8. The fourth-order valence-corrected chi connectivity index (χ4v) is 4.20. The van der Waals surface area contributed by atoms with Crippen molar-refractivity contribution in [2.75, 3.05) is 55.7 Å². The number of nitrogens with one attached hydrogen (secondary N) is 1. The molecule has 0 radical (unpaired) electrons. The van der Waals surface area contributed by atoms with Crippen LogP contribution in [-0.2, 0) is 9.47 Å². The van der Waals surface area contributed by atoms with Gasteiger partial charge in [0, 0.05) is 44.2 Å². The lowest BCUT2D eigenvalue weighted by Gasteiger charge is -2.35. The summed E-state index contributed by atoms with van der Waals surface area (Å²) >= 11 is 5.27. The van der Waals surface area contributed by atoms with Crippen LogP contribution in [0.25, 0.3) is 0 Å². The molecule has 32 heavy (non-hydrogen) atoms. The summed E-state index contributed by atoms with van der Waals surface area (Å²) in [5.74, 6) is -1.13. The number of rotatable bonds is 6. The van der Waals surface area contributed by atoms with Gasteiger partial charge in [-0.1, -0.05) is 12.2 Å². The number of carbonyl (C=O) groups excluding carboxylic acids is 2. The first kappa shape index (κ1) is 22.5. The molecule has 2 aliphatic heterocycles. The third-order valence-electron chi connectivity index (χ3n) is 5.76. The van der Waals surface area contributed by atoms with Crippen LogP contribution in [0.3, 0.4) is 0 Å². The minimum Gasteiger partial charge on any atom is -0.450 e. The normalized spacial score (nSPS) is 20.9. The Morgan fingerprint density at radius 2 is 1.88 bits per heavy atom. The number of nitrogens with zero attached hydrogens (tertiary/aromatic N) is 3. The van der Waals surface area contributed by atoms with Crippen LogP contribution in [0.1, 0.15) is 19.8 Å². The molecule has 8 nitrogen and oxygen atoms in total. The number of hydrogen-bond acceptors (Lipinski definition) is 6. The van der Waals surface area contributed by atoms with E-state index >= 15 is 0 Å². The zero-order valence-corrected chi connectivity index (χ0v) is 18.6. The van der Waals surface area contributed by atoms with E-state index in [1.807, 2.05) is 0 Å². The molecule has 0 aromatic heterocycles. The van der Waals surface area contributed by atoms with Gasteiger partial charge in [-0.05, 0) is 19.8 Å². The van der Waals surface area contributed by atoms with Crippen molar-refractivity contribution in [1.29, 1.82) is 0 Å². The lowest BCUT2D eigenvalue weighted by Crippen LogP contribution is -2.49. The van der Waals surface area contributed by atoms with Crippen molar-refractivity contribution in [3.63, 3.8) is 0 Å². The molecule has 1 atom stereocenters. The summed E-state index contributed by atoms with van der Waals surface area (Å²) in [5.41, 5.74) is -0.0657. The molecule has 1 saturated carbocycles. The fourth-order valence-electron chi connectivity index (χ4n) is 3.88. The van der Waals surface area contributed by atoms with E-state index in [2.05, 4.69) is 5.32 Å². The Labute approximate surface area is 190 Å². The van der Waals surface area contributed by atoms with Crippen LogP contribution >= 0.6 is 12.2 Å². The van der Waals surface area contributed by atoms with Crippen LogP contribution in [-0.4, -0.2) is 74.1 Å². The highest BCUT2D eigenvalue weighted by atomic mass is 32.1. The van der Waals surface area contributed by atoms with E-state index in [1.165, 1.54) is 9.80 Å². The number of hydrogen-bond donors (Lipinski definition) is 1. The standard InChI is InChI=1S/C21H26F2N4O4S/c1-2-30-20(28)26-7-5-25(6-8-26)18-16(22)9-14(10-17(18)23)27-12-15(31-21(27)29)11-24-19(32)13-3-4-13/h9-10,13,15H,2-8,11-12H2,1H3,(H,24,32)/t15-/m0/s1. The van der Waals surface area contributed by atoms with Crippen LogP contribution in [0.4, 0.5) is 29.7 Å². The smallest absolute Gasteiger partial charge is 0.414 e. The van der Waals surface area contributed by atoms with Gasteiger partial charge >= 0.3 is 12.2 Å². The minimum atomic E-state index is -0.770. The molecule has 1 aromatic carbocycles. The Morgan fingerprint density at radius 3 is 2.47 bits per heavy atom. The van der Waals surface area contributed by atoms with E-state index in [1.54, 1.807) is 11.8 Å². The number of benzene rings is 1. The molecule has 2 saturated heterocycles. The van der Waals surface area contributed by atoms with Crippen LogP contribution in [0.2, 0.25) is 0 Å². The molecule has 2 heterocycles. The molecule has 1 N–H and O–H groups in total. The number of piperazine rings is 1. The number of carbonyl (C=O) groups is 2. The summed E-state index contributed by atoms with van der Waals surface area (Å²) in [7, 11) is 0. The van der Waals surface area contributed by atoms with Gasteiger partial charge in [0.1, 0.15) is 11.8 Å². The summed E-state index contributed by atoms with van der Waals surface area (Å²) in [5, 5.41) is 3.11. The number of halogens is 2. The summed E-state index contributed by atoms with van der Waals surface area (Å²) in [4.78, 5) is 29.1. The summed E-state index contributed by atoms with van der Waals surface area (Å²) in [6, 6.07) is 2.28. The van der Waals surface area contributed by atoms with Gasteiger partial charge in [0.2, 0.25) is 0 Å². The number of ether oxygens (including phenoxy) is 2. The molecule has 2 amide bonds. The van der Waals surface area contributed by atoms with Crippen molar-refractivity contribution >= 4 is 40.8 Å². The highest BCUT2D eigenvalue weighted by molar-refractivity contribution is 7.80. The molecular formula is C21H26F2N4O4S. The van der Waals surface area contributed by atoms with Gasteiger partial charge in [-0.25, -0.2) is 18.4 Å². The van der Waals surface area contributed by atoms with E-state index in [-0.39, 0.29) is 37.6 Å². The van der Waals surface area contributed by atoms with Crippen molar-refractivity contribution in [3.8, 4) is 0 Å². The van der Waals surface area contributed by atoms with Gasteiger partial charge in [-0.2, -0.15) is 0 Å². The summed E-state index contributed by atoms with van der Waals surface area (Å²) < 4.78 is 40.1. The van der Waals surface area contributed by atoms with Crippen molar-refractivity contribution in [2.45, 2.75) is 25.9 Å². The molecular weight excluding hydrogens is 442 g/mol. The third-order valence-corrected chi connectivity index (χ3v) is 6.24. The molecule has 1 aliphatic carbocycles. The SMILES string of the molecule is CCOC(=O)N1CCN(c2c(F)cc(N3C[C@H](CNC(=S)C4CC4)OC3=O)cc2F)CC1. The Bertz CT molecular complexity index is 883. The molecule has 1 aromatic rings. The largest absolute Gasteiger partial charge is 0.450 e. The average Bonchev–Trinajstić information content (AvgIpc) is 3.55. The predicted molar refractivity (Wildman–Crippen MR) is 118 cm³/mol. The van der Waals surface area contributed by atoms with Gasteiger partial charge < -0.3 is 24.6 Å². The van der Waals surface area contributed by atoms with Crippen LogP contribution in [0.15, 0.2) is 12.1 Å². The molecule has 3 fully saturated rings.